The third kappa shape index (κ3) is 4.98. The van der Waals surface area contributed by atoms with E-state index in [0.717, 1.165) is 15.0 Å². The molecule has 3 heterocycles. The van der Waals surface area contributed by atoms with Crippen molar-refractivity contribution < 1.29 is 19.1 Å². The molecule has 0 radical (unpaired) electrons. The van der Waals surface area contributed by atoms with Crippen molar-refractivity contribution in [3.05, 3.63) is 62.6 Å². The Kier molecular flexibility index (Phi) is 6.70. The van der Waals surface area contributed by atoms with Crippen LogP contribution in [0.15, 0.2) is 47.9 Å². The number of carbonyl (C=O) groups is 3. The molecule has 31 heavy (non-hydrogen) atoms. The predicted molar refractivity (Wildman–Crippen MR) is 124 cm³/mol. The molecule has 2 amide bonds. The minimum atomic E-state index is -0.603. The van der Waals surface area contributed by atoms with E-state index in [4.69, 9.17) is 16.3 Å². The lowest BCUT2D eigenvalue weighted by Gasteiger charge is -2.34. The molecule has 0 N–H and O–H groups in total. The van der Waals surface area contributed by atoms with E-state index in [1.54, 1.807) is 21.9 Å². The number of nitrogens with zero attached hydrogens (tertiary/aromatic N) is 2. The van der Waals surface area contributed by atoms with Gasteiger partial charge in [-0.05, 0) is 23.6 Å². The van der Waals surface area contributed by atoms with Crippen LogP contribution in [0.5, 0.6) is 0 Å². The fourth-order valence-electron chi connectivity index (χ4n) is 3.27. The van der Waals surface area contributed by atoms with Crippen LogP contribution in [-0.2, 0) is 14.3 Å². The van der Waals surface area contributed by atoms with Gasteiger partial charge < -0.3 is 14.5 Å². The van der Waals surface area contributed by atoms with Crippen molar-refractivity contribution in [1.82, 2.24) is 9.80 Å². The van der Waals surface area contributed by atoms with Crippen LogP contribution < -0.4 is 0 Å². The zero-order valence-corrected chi connectivity index (χ0v) is 18.8. The molecular weight excluding hydrogens is 456 g/mol. The molecular formula is C22H19ClN2O4S2. The first-order valence-corrected chi connectivity index (χ1v) is 11.7. The molecule has 2 aromatic heterocycles. The molecule has 1 aliphatic heterocycles. The Balaban J connectivity index is 1.25. The van der Waals surface area contributed by atoms with Gasteiger partial charge in [-0.2, -0.15) is 0 Å². The van der Waals surface area contributed by atoms with Crippen LogP contribution in [0.2, 0.25) is 5.02 Å². The monoisotopic (exact) mass is 474 g/mol. The normalized spacial score (nSPS) is 14.4. The Labute approximate surface area is 192 Å². The number of hydrogen-bond acceptors (Lipinski definition) is 6. The SMILES string of the molecule is O=C(/C=C/c1sc2ccccc2c1Cl)OCC(=O)N1CCN(C(=O)c2cccs2)CC1. The highest BCUT2D eigenvalue weighted by atomic mass is 35.5. The van der Waals surface area contributed by atoms with Gasteiger partial charge in [0.2, 0.25) is 0 Å². The zero-order chi connectivity index (χ0) is 21.8. The Morgan fingerprint density at radius 3 is 2.48 bits per heavy atom. The molecule has 1 saturated heterocycles. The van der Waals surface area contributed by atoms with Crippen molar-refractivity contribution in [2.45, 2.75) is 0 Å². The van der Waals surface area contributed by atoms with E-state index in [-0.39, 0.29) is 18.4 Å². The number of esters is 1. The smallest absolute Gasteiger partial charge is 0.331 e. The third-order valence-electron chi connectivity index (χ3n) is 4.92. The largest absolute Gasteiger partial charge is 0.452 e. The second kappa shape index (κ2) is 9.64. The number of carbonyl (C=O) groups excluding carboxylic acids is 3. The molecule has 0 atom stereocenters. The van der Waals surface area contributed by atoms with E-state index < -0.39 is 5.97 Å². The number of benzene rings is 1. The van der Waals surface area contributed by atoms with Gasteiger partial charge in [0, 0.05) is 47.2 Å². The molecule has 6 nitrogen and oxygen atoms in total. The first-order valence-electron chi connectivity index (χ1n) is 9.65. The van der Waals surface area contributed by atoms with Crippen molar-refractivity contribution in [3.63, 3.8) is 0 Å². The predicted octanol–water partition coefficient (Wildman–Crippen LogP) is 4.16. The Bertz CT molecular complexity index is 1130. The summed E-state index contributed by atoms with van der Waals surface area (Å²) in [6, 6.07) is 11.4. The highest BCUT2D eigenvalue weighted by Gasteiger charge is 2.25. The van der Waals surface area contributed by atoms with E-state index in [1.807, 2.05) is 35.7 Å². The summed E-state index contributed by atoms with van der Waals surface area (Å²) in [6.07, 6.45) is 2.89. The molecule has 0 unspecified atom stereocenters. The Morgan fingerprint density at radius 1 is 1.03 bits per heavy atom. The lowest BCUT2D eigenvalue weighted by Crippen LogP contribution is -2.51. The van der Waals surface area contributed by atoms with Crippen LogP contribution >= 0.6 is 34.3 Å². The first-order chi connectivity index (χ1) is 15.0. The van der Waals surface area contributed by atoms with Crippen LogP contribution in [-0.4, -0.2) is 60.4 Å². The number of ether oxygens (including phenoxy) is 1. The molecule has 0 aliphatic carbocycles. The lowest BCUT2D eigenvalue weighted by molar-refractivity contribution is -0.148. The van der Waals surface area contributed by atoms with Crippen molar-refractivity contribution in [2.75, 3.05) is 32.8 Å². The Hall–Kier alpha value is -2.68. The van der Waals surface area contributed by atoms with Crippen molar-refractivity contribution in [3.8, 4) is 0 Å². The molecule has 0 spiro atoms. The van der Waals surface area contributed by atoms with Gasteiger partial charge >= 0.3 is 5.97 Å². The molecule has 1 fully saturated rings. The maximum Gasteiger partial charge on any atom is 0.331 e. The molecule has 1 aromatic carbocycles. The summed E-state index contributed by atoms with van der Waals surface area (Å²) in [7, 11) is 0. The lowest BCUT2D eigenvalue weighted by atomic mass is 10.2. The number of hydrogen-bond donors (Lipinski definition) is 0. The first kappa shape index (κ1) is 21.5. The second-order valence-electron chi connectivity index (χ2n) is 6.87. The topological polar surface area (TPSA) is 66.9 Å². The van der Waals surface area contributed by atoms with Crippen LogP contribution in [0, 0.1) is 0 Å². The number of piperazine rings is 1. The number of fused-ring (bicyclic) bond motifs is 1. The quantitative estimate of drug-likeness (QED) is 0.411. The maximum absolute atomic E-state index is 12.4. The summed E-state index contributed by atoms with van der Waals surface area (Å²) < 4.78 is 6.13. The van der Waals surface area contributed by atoms with Gasteiger partial charge in [-0.3, -0.25) is 9.59 Å². The molecule has 0 bridgehead atoms. The minimum Gasteiger partial charge on any atom is -0.452 e. The van der Waals surface area contributed by atoms with Gasteiger partial charge in [0.05, 0.1) is 9.90 Å². The van der Waals surface area contributed by atoms with Gasteiger partial charge in [-0.25, -0.2) is 4.79 Å². The van der Waals surface area contributed by atoms with E-state index in [9.17, 15) is 14.4 Å². The molecule has 1 aliphatic rings. The second-order valence-corrected chi connectivity index (χ2v) is 9.28. The summed E-state index contributed by atoms with van der Waals surface area (Å²) in [6.45, 7) is 1.42. The van der Waals surface area contributed by atoms with Gasteiger partial charge in [-0.15, -0.1) is 22.7 Å². The Morgan fingerprint density at radius 2 is 1.77 bits per heavy atom. The number of rotatable bonds is 5. The van der Waals surface area contributed by atoms with Crippen molar-refractivity contribution in [1.29, 1.82) is 0 Å². The zero-order valence-electron chi connectivity index (χ0n) is 16.5. The summed E-state index contributed by atoms with van der Waals surface area (Å²) >= 11 is 9.24. The molecule has 0 saturated carbocycles. The van der Waals surface area contributed by atoms with Gasteiger partial charge in [0.15, 0.2) is 6.61 Å². The summed E-state index contributed by atoms with van der Waals surface area (Å²) in [5.74, 6) is -0.892. The molecule has 3 aromatic rings. The van der Waals surface area contributed by atoms with E-state index in [0.29, 0.717) is 36.1 Å². The van der Waals surface area contributed by atoms with E-state index >= 15 is 0 Å². The highest BCUT2D eigenvalue weighted by Crippen LogP contribution is 2.35. The van der Waals surface area contributed by atoms with Crippen LogP contribution in [0.3, 0.4) is 0 Å². The van der Waals surface area contributed by atoms with Crippen LogP contribution in [0.1, 0.15) is 14.5 Å². The van der Waals surface area contributed by atoms with Gasteiger partial charge in [-0.1, -0.05) is 35.9 Å². The van der Waals surface area contributed by atoms with Crippen molar-refractivity contribution >= 4 is 68.2 Å². The highest BCUT2D eigenvalue weighted by molar-refractivity contribution is 7.20. The summed E-state index contributed by atoms with van der Waals surface area (Å²) in [5, 5.41) is 3.40. The number of amides is 2. The molecule has 160 valence electrons. The van der Waals surface area contributed by atoms with Crippen LogP contribution in [0.4, 0.5) is 0 Å². The maximum atomic E-state index is 12.4. The van der Waals surface area contributed by atoms with Crippen LogP contribution in [0.25, 0.3) is 16.2 Å². The number of thiophene rings is 2. The van der Waals surface area contributed by atoms with E-state index in [2.05, 4.69) is 0 Å². The fraction of sp³-hybridized carbons (Fsp3) is 0.227. The summed E-state index contributed by atoms with van der Waals surface area (Å²) in [5.41, 5.74) is 0. The average molecular weight is 475 g/mol. The fourth-order valence-corrected chi connectivity index (χ4v) is 5.36. The van der Waals surface area contributed by atoms with Crippen molar-refractivity contribution in [2.24, 2.45) is 0 Å². The number of halogens is 1. The minimum absolute atomic E-state index is 0.0152. The average Bonchev–Trinajstić information content (AvgIpc) is 3.44. The summed E-state index contributed by atoms with van der Waals surface area (Å²) in [4.78, 5) is 41.6. The van der Waals surface area contributed by atoms with Gasteiger partial charge in [0.1, 0.15) is 0 Å². The molecule has 9 heteroatoms. The van der Waals surface area contributed by atoms with Gasteiger partial charge in [0.25, 0.3) is 11.8 Å². The van der Waals surface area contributed by atoms with E-state index in [1.165, 1.54) is 28.7 Å². The third-order valence-corrected chi connectivity index (χ3v) is 7.43. The molecule has 4 rings (SSSR count). The standard InChI is InChI=1S/C22H19ClN2O4S2/c23-21-15-4-1-2-5-16(15)31-17(21)7-8-20(27)29-14-19(26)24-9-11-25(12-10-24)22(28)18-6-3-13-30-18/h1-8,13H,9-12,14H2/b8-7+.